The highest BCUT2D eigenvalue weighted by atomic mass is 15.3. The Morgan fingerprint density at radius 3 is 2.71 bits per heavy atom. The molecule has 0 radical (unpaired) electrons. The molecule has 108 valence electrons. The number of nitriles is 1. The lowest BCUT2D eigenvalue weighted by Crippen LogP contribution is -2.13. The van der Waals surface area contributed by atoms with E-state index in [1.165, 1.54) is 6.33 Å². The van der Waals surface area contributed by atoms with Crippen molar-refractivity contribution in [2.24, 2.45) is 5.84 Å². The van der Waals surface area contributed by atoms with E-state index in [1.807, 2.05) is 19.1 Å². The van der Waals surface area contributed by atoms with Crippen LogP contribution in [0.2, 0.25) is 0 Å². The second kappa shape index (κ2) is 6.68. The van der Waals surface area contributed by atoms with Gasteiger partial charge in [0.15, 0.2) is 0 Å². The number of nitrogen functional groups attached to an aromatic ring is 1. The molecule has 1 heterocycles. The maximum absolute atomic E-state index is 9.01. The monoisotopic (exact) mass is 282 g/mol. The summed E-state index contributed by atoms with van der Waals surface area (Å²) in [6.07, 6.45) is 3.22. The molecule has 0 bridgehead atoms. The zero-order chi connectivity index (χ0) is 15.2. The number of hydrazine groups is 1. The van der Waals surface area contributed by atoms with Gasteiger partial charge < -0.3 is 10.7 Å². The van der Waals surface area contributed by atoms with Gasteiger partial charge in [0.2, 0.25) is 0 Å². The van der Waals surface area contributed by atoms with Crippen LogP contribution in [0.5, 0.6) is 0 Å². The second-order valence-electron chi connectivity index (χ2n) is 4.71. The van der Waals surface area contributed by atoms with E-state index in [4.69, 9.17) is 11.1 Å². The van der Waals surface area contributed by atoms with Gasteiger partial charge in [-0.2, -0.15) is 5.26 Å². The minimum Gasteiger partial charge on any atom is -0.340 e. The zero-order valence-corrected chi connectivity index (χ0v) is 12.1. The molecule has 1 aromatic heterocycles. The molecule has 1 aromatic carbocycles. The molecule has 0 aliphatic rings. The van der Waals surface area contributed by atoms with Gasteiger partial charge in [0.05, 0.1) is 11.6 Å². The molecule has 0 saturated heterocycles. The van der Waals surface area contributed by atoms with Crippen LogP contribution in [0.3, 0.4) is 0 Å². The van der Waals surface area contributed by atoms with Crippen LogP contribution in [-0.2, 0) is 6.42 Å². The van der Waals surface area contributed by atoms with E-state index in [2.05, 4.69) is 33.7 Å². The summed E-state index contributed by atoms with van der Waals surface area (Å²) in [7, 11) is 0. The highest BCUT2D eigenvalue weighted by Gasteiger charge is 2.11. The average Bonchev–Trinajstić information content (AvgIpc) is 2.51. The molecule has 0 unspecified atom stereocenters. The third kappa shape index (κ3) is 3.27. The van der Waals surface area contributed by atoms with Crippen molar-refractivity contribution < 1.29 is 0 Å². The molecule has 0 aliphatic carbocycles. The molecule has 0 fully saturated rings. The summed E-state index contributed by atoms with van der Waals surface area (Å²) in [5, 5.41) is 12.3. The first kappa shape index (κ1) is 14.8. The number of nitrogens with two attached hydrogens (primary N) is 1. The van der Waals surface area contributed by atoms with Crippen molar-refractivity contribution in [3.8, 4) is 6.07 Å². The highest BCUT2D eigenvalue weighted by molar-refractivity contribution is 5.68. The fraction of sp³-hybridized carbons (Fsp3) is 0.267. The van der Waals surface area contributed by atoms with E-state index in [9.17, 15) is 0 Å². The molecule has 21 heavy (non-hydrogen) atoms. The minimum absolute atomic E-state index is 0.603. The third-order valence-corrected chi connectivity index (χ3v) is 3.20. The number of nitrogens with zero attached hydrogens (tertiary/aromatic N) is 3. The summed E-state index contributed by atoms with van der Waals surface area (Å²) in [6.45, 7) is 4.06. The number of aryl methyl sites for hydroxylation is 1. The molecule has 0 saturated carbocycles. The van der Waals surface area contributed by atoms with Crippen molar-refractivity contribution in [3.63, 3.8) is 0 Å². The molecule has 6 nitrogen and oxygen atoms in total. The number of aromatic nitrogens is 2. The van der Waals surface area contributed by atoms with E-state index in [0.29, 0.717) is 17.2 Å². The Morgan fingerprint density at radius 1 is 1.29 bits per heavy atom. The number of anilines is 3. The Bertz CT molecular complexity index is 674. The Kier molecular flexibility index (Phi) is 4.69. The smallest absolute Gasteiger partial charge is 0.148 e. The van der Waals surface area contributed by atoms with Crippen LogP contribution in [-0.4, -0.2) is 9.97 Å². The first-order chi connectivity index (χ1) is 10.2. The maximum Gasteiger partial charge on any atom is 0.148 e. The third-order valence-electron chi connectivity index (χ3n) is 3.20. The first-order valence-electron chi connectivity index (χ1n) is 6.77. The van der Waals surface area contributed by atoms with Crippen LogP contribution in [0.15, 0.2) is 24.5 Å². The lowest BCUT2D eigenvalue weighted by Gasteiger charge is -2.15. The summed E-state index contributed by atoms with van der Waals surface area (Å²) >= 11 is 0. The van der Waals surface area contributed by atoms with Crippen LogP contribution < -0.4 is 16.6 Å². The molecule has 0 atom stereocenters. The molecular formula is C15H18N6. The number of rotatable bonds is 5. The van der Waals surface area contributed by atoms with Crippen LogP contribution in [0.25, 0.3) is 0 Å². The summed E-state index contributed by atoms with van der Waals surface area (Å²) in [5.74, 6) is 6.83. The molecule has 4 N–H and O–H groups in total. The fourth-order valence-corrected chi connectivity index (χ4v) is 2.09. The largest absolute Gasteiger partial charge is 0.340 e. The number of benzene rings is 1. The second-order valence-corrected chi connectivity index (χ2v) is 4.71. The Hall–Kier alpha value is -2.65. The Labute approximate surface area is 124 Å². The summed E-state index contributed by atoms with van der Waals surface area (Å²) in [4.78, 5) is 8.43. The predicted octanol–water partition coefficient (Wildman–Crippen LogP) is 2.64. The van der Waals surface area contributed by atoms with E-state index >= 15 is 0 Å². The van der Waals surface area contributed by atoms with E-state index < -0.39 is 0 Å². The molecule has 2 rings (SSSR count). The predicted molar refractivity (Wildman–Crippen MR) is 83.0 cm³/mol. The van der Waals surface area contributed by atoms with Crippen LogP contribution in [0.4, 0.5) is 17.3 Å². The van der Waals surface area contributed by atoms with Crippen LogP contribution in [0.1, 0.15) is 30.0 Å². The van der Waals surface area contributed by atoms with Gasteiger partial charge in [-0.25, -0.2) is 15.8 Å². The molecular weight excluding hydrogens is 264 g/mol. The van der Waals surface area contributed by atoms with Crippen molar-refractivity contribution in [1.29, 1.82) is 5.26 Å². The molecule has 6 heteroatoms. The number of hydrogen-bond donors (Lipinski definition) is 3. The van der Waals surface area contributed by atoms with Crippen molar-refractivity contribution in [3.05, 3.63) is 41.2 Å². The Morgan fingerprint density at radius 2 is 2.05 bits per heavy atom. The molecule has 0 aliphatic heterocycles. The number of nitrogens with one attached hydrogen (secondary N) is 2. The zero-order valence-electron chi connectivity index (χ0n) is 12.1. The molecule has 0 amide bonds. The normalized spacial score (nSPS) is 10.0. The van der Waals surface area contributed by atoms with Gasteiger partial charge in [-0.15, -0.1) is 0 Å². The lowest BCUT2D eigenvalue weighted by atomic mass is 10.1. The standard InChI is InChI=1S/C15H18N6/c1-3-4-12-14(18-9-19-15(12)21-17)20-13-7-11(8-16)6-5-10(13)2/h5-7,9H,3-4,17H2,1-2H3,(H2,18,19,20,21). The van der Waals surface area contributed by atoms with Gasteiger partial charge >= 0.3 is 0 Å². The van der Waals surface area contributed by atoms with Gasteiger partial charge in [0.1, 0.15) is 18.0 Å². The van der Waals surface area contributed by atoms with E-state index in [0.717, 1.165) is 29.7 Å². The van der Waals surface area contributed by atoms with E-state index in [-0.39, 0.29) is 0 Å². The Balaban J connectivity index is 2.42. The quantitative estimate of drug-likeness (QED) is 0.576. The summed E-state index contributed by atoms with van der Waals surface area (Å²) in [5.41, 5.74) is 6.03. The minimum atomic E-state index is 0.603. The topological polar surface area (TPSA) is 99.7 Å². The molecule has 2 aromatic rings. The van der Waals surface area contributed by atoms with Crippen molar-refractivity contribution in [1.82, 2.24) is 9.97 Å². The van der Waals surface area contributed by atoms with Gasteiger partial charge in [0, 0.05) is 11.3 Å². The summed E-state index contributed by atoms with van der Waals surface area (Å²) in [6, 6.07) is 7.64. The lowest BCUT2D eigenvalue weighted by molar-refractivity contribution is 0.903. The highest BCUT2D eigenvalue weighted by Crippen LogP contribution is 2.26. The van der Waals surface area contributed by atoms with Gasteiger partial charge in [-0.05, 0) is 31.0 Å². The van der Waals surface area contributed by atoms with E-state index in [1.54, 1.807) is 6.07 Å². The van der Waals surface area contributed by atoms with Gasteiger partial charge in [-0.3, -0.25) is 0 Å². The van der Waals surface area contributed by atoms with Gasteiger partial charge in [0.25, 0.3) is 0 Å². The number of hydrogen-bond acceptors (Lipinski definition) is 6. The molecule has 0 spiro atoms. The van der Waals surface area contributed by atoms with Crippen LogP contribution >= 0.6 is 0 Å². The van der Waals surface area contributed by atoms with Crippen LogP contribution in [0, 0.1) is 18.3 Å². The van der Waals surface area contributed by atoms with Crippen molar-refractivity contribution >= 4 is 17.3 Å². The first-order valence-corrected chi connectivity index (χ1v) is 6.77. The van der Waals surface area contributed by atoms with Crippen molar-refractivity contribution in [2.75, 3.05) is 10.7 Å². The fourth-order valence-electron chi connectivity index (χ4n) is 2.09. The maximum atomic E-state index is 9.01. The van der Waals surface area contributed by atoms with Gasteiger partial charge in [-0.1, -0.05) is 19.4 Å². The van der Waals surface area contributed by atoms with Crippen molar-refractivity contribution in [2.45, 2.75) is 26.7 Å². The summed E-state index contributed by atoms with van der Waals surface area (Å²) < 4.78 is 0. The average molecular weight is 282 g/mol. The SMILES string of the molecule is CCCc1c(NN)ncnc1Nc1cc(C#N)ccc1C.